The number of aliphatic hydroxyl groups excluding tert-OH is 1. The van der Waals surface area contributed by atoms with Gasteiger partial charge < -0.3 is 9.84 Å². The normalized spacial score (nSPS) is 11.8. The van der Waals surface area contributed by atoms with Crippen molar-refractivity contribution in [2.24, 2.45) is 0 Å². The summed E-state index contributed by atoms with van der Waals surface area (Å²) in [5, 5.41) is 8.66. The van der Waals surface area contributed by atoms with E-state index < -0.39 is 12.1 Å². The Labute approximate surface area is 64.5 Å². The second kappa shape index (κ2) is 4.62. The van der Waals surface area contributed by atoms with Gasteiger partial charge in [-0.25, -0.2) is 4.79 Å². The lowest BCUT2D eigenvalue weighted by Gasteiger charge is -2.04. The van der Waals surface area contributed by atoms with E-state index in [1.54, 1.807) is 0 Å². The molecular formula is C7H10O4. The molecule has 0 aromatic heterocycles. The van der Waals surface area contributed by atoms with E-state index in [0.717, 1.165) is 0 Å². The SMILES string of the molecule is C=C(C=O)C(=O)OCC(C)O. The molecule has 0 heterocycles. The number of hydrogen-bond acceptors (Lipinski definition) is 4. The second-order valence-corrected chi connectivity index (χ2v) is 2.09. The van der Waals surface area contributed by atoms with Crippen LogP contribution in [0.1, 0.15) is 6.92 Å². The standard InChI is InChI=1S/C7H10O4/c1-5(3-8)7(10)11-4-6(2)9/h3,6,9H,1,4H2,2H3. The number of hydrogen-bond donors (Lipinski definition) is 1. The minimum absolute atomic E-state index is 0.119. The molecule has 1 atom stereocenters. The summed E-state index contributed by atoms with van der Waals surface area (Å²) in [6.07, 6.45) is -0.414. The first-order chi connectivity index (χ1) is 5.07. The van der Waals surface area contributed by atoms with Gasteiger partial charge in [-0.1, -0.05) is 6.58 Å². The van der Waals surface area contributed by atoms with E-state index in [1.165, 1.54) is 6.92 Å². The van der Waals surface area contributed by atoms with Gasteiger partial charge in [0.25, 0.3) is 0 Å². The van der Waals surface area contributed by atoms with E-state index in [1.807, 2.05) is 0 Å². The molecule has 11 heavy (non-hydrogen) atoms. The van der Waals surface area contributed by atoms with Crippen molar-refractivity contribution in [1.82, 2.24) is 0 Å². The van der Waals surface area contributed by atoms with E-state index in [9.17, 15) is 9.59 Å². The molecule has 0 aromatic carbocycles. The largest absolute Gasteiger partial charge is 0.459 e. The average molecular weight is 158 g/mol. The van der Waals surface area contributed by atoms with Crippen molar-refractivity contribution in [2.75, 3.05) is 6.61 Å². The molecule has 0 rings (SSSR count). The fourth-order valence-electron chi connectivity index (χ4n) is 0.337. The van der Waals surface area contributed by atoms with Gasteiger partial charge in [-0.3, -0.25) is 4.79 Å². The summed E-state index contributed by atoms with van der Waals surface area (Å²) in [6, 6.07) is 0. The molecule has 0 aliphatic heterocycles. The monoisotopic (exact) mass is 158 g/mol. The molecule has 1 N–H and O–H groups in total. The van der Waals surface area contributed by atoms with Crippen LogP contribution in [-0.4, -0.2) is 30.1 Å². The first-order valence-electron chi connectivity index (χ1n) is 3.07. The van der Waals surface area contributed by atoms with Gasteiger partial charge in [0.1, 0.15) is 6.61 Å². The molecule has 4 nitrogen and oxygen atoms in total. The summed E-state index contributed by atoms with van der Waals surface area (Å²) in [4.78, 5) is 20.5. The maximum Gasteiger partial charge on any atom is 0.340 e. The maximum absolute atomic E-state index is 10.6. The highest BCUT2D eigenvalue weighted by molar-refractivity contribution is 6.06. The summed E-state index contributed by atoms with van der Waals surface area (Å²) in [5.74, 6) is -0.791. The molecule has 0 aliphatic rings. The summed E-state index contributed by atoms with van der Waals surface area (Å²) in [7, 11) is 0. The molecule has 0 amide bonds. The van der Waals surface area contributed by atoms with Crippen LogP contribution < -0.4 is 0 Å². The highest BCUT2D eigenvalue weighted by Crippen LogP contribution is 1.91. The van der Waals surface area contributed by atoms with Gasteiger partial charge in [-0.15, -0.1) is 0 Å². The van der Waals surface area contributed by atoms with Crippen LogP contribution in [0, 0.1) is 0 Å². The number of rotatable bonds is 4. The van der Waals surface area contributed by atoms with Crippen molar-refractivity contribution < 1.29 is 19.4 Å². The fraction of sp³-hybridized carbons (Fsp3) is 0.429. The van der Waals surface area contributed by atoms with Crippen LogP contribution in [0.5, 0.6) is 0 Å². The van der Waals surface area contributed by atoms with Gasteiger partial charge in [-0.05, 0) is 6.92 Å². The molecule has 1 unspecified atom stereocenters. The summed E-state index contributed by atoms with van der Waals surface area (Å²) in [5.41, 5.74) is -0.245. The van der Waals surface area contributed by atoms with Crippen LogP contribution >= 0.6 is 0 Å². The van der Waals surface area contributed by atoms with E-state index >= 15 is 0 Å². The number of ether oxygens (including phenoxy) is 1. The highest BCUT2D eigenvalue weighted by atomic mass is 16.5. The second-order valence-electron chi connectivity index (χ2n) is 2.09. The maximum atomic E-state index is 10.6. The molecular weight excluding hydrogens is 148 g/mol. The topological polar surface area (TPSA) is 63.6 Å². The summed E-state index contributed by atoms with van der Waals surface area (Å²) in [6.45, 7) is 4.48. The quantitative estimate of drug-likeness (QED) is 0.200. The molecule has 0 bridgehead atoms. The molecule has 0 saturated heterocycles. The predicted molar refractivity (Wildman–Crippen MR) is 37.8 cm³/mol. The van der Waals surface area contributed by atoms with Crippen LogP contribution in [0.2, 0.25) is 0 Å². The minimum Gasteiger partial charge on any atom is -0.459 e. The molecule has 0 radical (unpaired) electrons. The molecule has 0 saturated carbocycles. The van der Waals surface area contributed by atoms with Gasteiger partial charge in [0.2, 0.25) is 0 Å². The summed E-state index contributed by atoms with van der Waals surface area (Å²) >= 11 is 0. The lowest BCUT2D eigenvalue weighted by Crippen LogP contribution is -2.16. The van der Waals surface area contributed by atoms with Gasteiger partial charge in [-0.2, -0.15) is 0 Å². The predicted octanol–water partition coefficient (Wildman–Crippen LogP) is -0.335. The van der Waals surface area contributed by atoms with Crippen LogP contribution in [0.3, 0.4) is 0 Å². The van der Waals surface area contributed by atoms with Crippen molar-refractivity contribution in [3.05, 3.63) is 12.2 Å². The zero-order chi connectivity index (χ0) is 8.85. The minimum atomic E-state index is -0.791. The zero-order valence-electron chi connectivity index (χ0n) is 6.24. The fourth-order valence-corrected chi connectivity index (χ4v) is 0.337. The molecule has 0 spiro atoms. The Morgan fingerprint density at radius 1 is 1.82 bits per heavy atom. The third kappa shape index (κ3) is 4.27. The summed E-state index contributed by atoms with van der Waals surface area (Å²) < 4.78 is 4.44. The molecule has 0 aromatic rings. The third-order valence-electron chi connectivity index (χ3n) is 0.860. The van der Waals surface area contributed by atoms with Crippen molar-refractivity contribution >= 4 is 12.3 Å². The lowest BCUT2D eigenvalue weighted by atomic mass is 10.3. The van der Waals surface area contributed by atoms with Crippen LogP contribution in [0.4, 0.5) is 0 Å². The van der Waals surface area contributed by atoms with Crippen molar-refractivity contribution in [3.63, 3.8) is 0 Å². The van der Waals surface area contributed by atoms with Crippen molar-refractivity contribution in [3.8, 4) is 0 Å². The van der Waals surface area contributed by atoms with Gasteiger partial charge in [0.05, 0.1) is 11.7 Å². The molecule has 0 aliphatic carbocycles. The van der Waals surface area contributed by atoms with Crippen LogP contribution in [0.15, 0.2) is 12.2 Å². The Bertz CT molecular complexity index is 171. The van der Waals surface area contributed by atoms with Gasteiger partial charge in [0.15, 0.2) is 6.29 Å². The molecule has 0 fully saturated rings. The zero-order valence-corrected chi connectivity index (χ0v) is 6.24. The average Bonchev–Trinajstić information content (AvgIpc) is 1.98. The van der Waals surface area contributed by atoms with Crippen molar-refractivity contribution in [2.45, 2.75) is 13.0 Å². The Hall–Kier alpha value is -1.16. The van der Waals surface area contributed by atoms with Gasteiger partial charge in [0, 0.05) is 0 Å². The van der Waals surface area contributed by atoms with E-state index in [0.29, 0.717) is 6.29 Å². The highest BCUT2D eigenvalue weighted by Gasteiger charge is 2.07. The van der Waals surface area contributed by atoms with Gasteiger partial charge >= 0.3 is 5.97 Å². The van der Waals surface area contributed by atoms with E-state index in [4.69, 9.17) is 5.11 Å². The number of aliphatic hydroxyl groups is 1. The van der Waals surface area contributed by atoms with Crippen LogP contribution in [-0.2, 0) is 14.3 Å². The number of esters is 1. The lowest BCUT2D eigenvalue weighted by molar-refractivity contribution is -0.142. The smallest absolute Gasteiger partial charge is 0.340 e. The van der Waals surface area contributed by atoms with Crippen LogP contribution in [0.25, 0.3) is 0 Å². The number of carbonyl (C=O) groups is 2. The Kier molecular flexibility index (Phi) is 4.14. The number of aldehydes is 1. The third-order valence-corrected chi connectivity index (χ3v) is 0.860. The van der Waals surface area contributed by atoms with E-state index in [2.05, 4.69) is 11.3 Å². The Balaban J connectivity index is 3.70. The van der Waals surface area contributed by atoms with E-state index in [-0.39, 0.29) is 12.2 Å². The molecule has 62 valence electrons. The number of carbonyl (C=O) groups excluding carboxylic acids is 2. The first kappa shape index (κ1) is 9.84. The van der Waals surface area contributed by atoms with Crippen molar-refractivity contribution in [1.29, 1.82) is 0 Å². The Morgan fingerprint density at radius 3 is 2.73 bits per heavy atom. The molecule has 4 heteroatoms. The first-order valence-corrected chi connectivity index (χ1v) is 3.07. The Morgan fingerprint density at radius 2 is 2.36 bits per heavy atom.